The summed E-state index contributed by atoms with van der Waals surface area (Å²) < 4.78 is 11.3. The summed E-state index contributed by atoms with van der Waals surface area (Å²) in [4.78, 5) is 0. The summed E-state index contributed by atoms with van der Waals surface area (Å²) in [5, 5.41) is 2.49. The normalized spacial score (nSPS) is 11.8. The van der Waals surface area contributed by atoms with Crippen LogP contribution in [0.3, 0.4) is 0 Å². The molecule has 120 valence electrons. The second-order valence-corrected chi connectivity index (χ2v) is 6.95. The SMILES string of the molecule is CCN(CC)P(Oc1ccc2ccccc2c1)N(CC)CC. The van der Waals surface area contributed by atoms with Crippen LogP contribution in [0.25, 0.3) is 10.8 Å². The molecule has 0 aliphatic rings. The van der Waals surface area contributed by atoms with Crippen LogP contribution in [-0.4, -0.2) is 35.5 Å². The molecule has 0 aliphatic heterocycles. The number of nitrogens with zero attached hydrogens (tertiary/aromatic N) is 2. The highest BCUT2D eigenvalue weighted by molar-refractivity contribution is 7.47. The van der Waals surface area contributed by atoms with Gasteiger partial charge in [-0.25, -0.2) is 9.34 Å². The van der Waals surface area contributed by atoms with Gasteiger partial charge in [-0.05, 0) is 22.9 Å². The minimum Gasteiger partial charge on any atom is -0.444 e. The lowest BCUT2D eigenvalue weighted by Crippen LogP contribution is -2.31. The summed E-state index contributed by atoms with van der Waals surface area (Å²) in [6, 6.07) is 14.8. The molecule has 0 N–H and O–H groups in total. The number of rotatable bonds is 8. The molecule has 0 bridgehead atoms. The van der Waals surface area contributed by atoms with E-state index < -0.39 is 8.45 Å². The zero-order chi connectivity index (χ0) is 15.9. The van der Waals surface area contributed by atoms with Crippen molar-refractivity contribution in [1.82, 2.24) is 9.34 Å². The first kappa shape index (κ1) is 17.2. The Morgan fingerprint density at radius 2 is 1.32 bits per heavy atom. The predicted molar refractivity (Wildman–Crippen MR) is 97.3 cm³/mol. The van der Waals surface area contributed by atoms with E-state index >= 15 is 0 Å². The molecule has 0 radical (unpaired) electrons. The van der Waals surface area contributed by atoms with Crippen molar-refractivity contribution in [1.29, 1.82) is 0 Å². The number of hydrogen-bond acceptors (Lipinski definition) is 3. The second kappa shape index (κ2) is 8.47. The summed E-state index contributed by atoms with van der Waals surface area (Å²) in [6.07, 6.45) is 0. The third-order valence-corrected chi connectivity index (χ3v) is 6.33. The van der Waals surface area contributed by atoms with Crippen LogP contribution in [0.5, 0.6) is 5.75 Å². The molecule has 0 saturated carbocycles. The highest BCUT2D eigenvalue weighted by atomic mass is 31.2. The maximum absolute atomic E-state index is 6.43. The molecule has 4 heteroatoms. The van der Waals surface area contributed by atoms with Gasteiger partial charge in [-0.2, -0.15) is 0 Å². The average molecular weight is 318 g/mol. The number of fused-ring (bicyclic) bond motifs is 1. The summed E-state index contributed by atoms with van der Waals surface area (Å²) >= 11 is 0. The van der Waals surface area contributed by atoms with E-state index in [0.717, 1.165) is 31.9 Å². The maximum atomic E-state index is 6.43. The van der Waals surface area contributed by atoms with Crippen LogP contribution in [-0.2, 0) is 0 Å². The summed E-state index contributed by atoms with van der Waals surface area (Å²) in [5.41, 5.74) is 0. The van der Waals surface area contributed by atoms with Crippen molar-refractivity contribution < 1.29 is 4.52 Å². The van der Waals surface area contributed by atoms with Gasteiger partial charge in [0, 0.05) is 26.2 Å². The van der Waals surface area contributed by atoms with Crippen molar-refractivity contribution in [3.63, 3.8) is 0 Å². The molecule has 3 nitrogen and oxygen atoms in total. The standard InChI is InChI=1S/C18H27N2OP/c1-5-19(6-2)22(20(7-3)8-4)21-18-14-13-16-11-9-10-12-17(16)15-18/h9-15H,5-8H2,1-4H3. The second-order valence-electron chi connectivity index (χ2n) is 5.13. The van der Waals surface area contributed by atoms with Gasteiger partial charge in [0.05, 0.1) is 0 Å². The van der Waals surface area contributed by atoms with Crippen LogP contribution in [0.2, 0.25) is 0 Å². The van der Waals surface area contributed by atoms with E-state index in [1.54, 1.807) is 0 Å². The molecule has 0 amide bonds. The van der Waals surface area contributed by atoms with Crippen LogP contribution >= 0.6 is 8.45 Å². The largest absolute Gasteiger partial charge is 0.444 e. The van der Waals surface area contributed by atoms with Gasteiger partial charge in [0.1, 0.15) is 5.75 Å². The third kappa shape index (κ3) is 3.98. The van der Waals surface area contributed by atoms with Gasteiger partial charge >= 0.3 is 0 Å². The Hall–Kier alpha value is -1.15. The summed E-state index contributed by atoms with van der Waals surface area (Å²) in [5.74, 6) is 0.962. The van der Waals surface area contributed by atoms with Crippen molar-refractivity contribution in [2.24, 2.45) is 0 Å². The van der Waals surface area contributed by atoms with Crippen LogP contribution in [0.15, 0.2) is 42.5 Å². The molecule has 0 aliphatic carbocycles. The molecule has 0 saturated heterocycles. The monoisotopic (exact) mass is 318 g/mol. The lowest BCUT2D eigenvalue weighted by atomic mass is 10.1. The van der Waals surface area contributed by atoms with Crippen molar-refractivity contribution >= 4 is 19.2 Å². The molecule has 0 heterocycles. The molecule has 2 aromatic carbocycles. The van der Waals surface area contributed by atoms with E-state index in [1.807, 2.05) is 0 Å². The zero-order valence-electron chi connectivity index (χ0n) is 14.1. The predicted octanol–water partition coefficient (Wildman–Crippen LogP) is 5.13. The highest BCUT2D eigenvalue weighted by Gasteiger charge is 2.24. The van der Waals surface area contributed by atoms with E-state index in [0.29, 0.717) is 0 Å². The van der Waals surface area contributed by atoms with Crippen LogP contribution in [0.4, 0.5) is 0 Å². The molecule has 0 atom stereocenters. The quantitative estimate of drug-likeness (QED) is 0.628. The lowest BCUT2D eigenvalue weighted by molar-refractivity contribution is 0.360. The first-order valence-electron chi connectivity index (χ1n) is 8.20. The molecule has 0 spiro atoms. The van der Waals surface area contributed by atoms with E-state index in [1.165, 1.54) is 10.8 Å². The maximum Gasteiger partial charge on any atom is 0.248 e. The molecule has 22 heavy (non-hydrogen) atoms. The topological polar surface area (TPSA) is 15.7 Å². The van der Waals surface area contributed by atoms with Gasteiger partial charge in [0.25, 0.3) is 0 Å². The molecule has 0 fully saturated rings. The van der Waals surface area contributed by atoms with E-state index in [2.05, 4.69) is 79.5 Å². The smallest absolute Gasteiger partial charge is 0.248 e. The Labute approximate surface area is 135 Å². The molecule has 0 unspecified atom stereocenters. The van der Waals surface area contributed by atoms with Gasteiger partial charge in [-0.3, -0.25) is 0 Å². The van der Waals surface area contributed by atoms with Crippen LogP contribution in [0.1, 0.15) is 27.7 Å². The van der Waals surface area contributed by atoms with Crippen LogP contribution in [0, 0.1) is 0 Å². The van der Waals surface area contributed by atoms with Crippen molar-refractivity contribution in [2.75, 3.05) is 26.2 Å². The number of hydrogen-bond donors (Lipinski definition) is 0. The minimum atomic E-state index is -0.753. The Morgan fingerprint density at radius 1 is 0.773 bits per heavy atom. The van der Waals surface area contributed by atoms with Gasteiger partial charge in [-0.15, -0.1) is 0 Å². The van der Waals surface area contributed by atoms with Gasteiger partial charge in [0.15, 0.2) is 0 Å². The summed E-state index contributed by atoms with van der Waals surface area (Å²) in [7, 11) is -0.753. The number of benzene rings is 2. The van der Waals surface area contributed by atoms with E-state index in [9.17, 15) is 0 Å². The first-order valence-corrected chi connectivity index (χ1v) is 9.36. The van der Waals surface area contributed by atoms with Crippen molar-refractivity contribution in [3.8, 4) is 5.75 Å². The molecular formula is C18H27N2OP. The zero-order valence-corrected chi connectivity index (χ0v) is 15.0. The Kier molecular flexibility index (Phi) is 6.63. The average Bonchev–Trinajstić information content (AvgIpc) is 2.56. The molecule has 2 aromatic rings. The van der Waals surface area contributed by atoms with E-state index in [-0.39, 0.29) is 0 Å². The van der Waals surface area contributed by atoms with Crippen molar-refractivity contribution in [2.45, 2.75) is 27.7 Å². The third-order valence-electron chi connectivity index (χ3n) is 3.85. The first-order chi connectivity index (χ1) is 10.7. The van der Waals surface area contributed by atoms with E-state index in [4.69, 9.17) is 4.52 Å². The fraction of sp³-hybridized carbons (Fsp3) is 0.444. The molecule has 2 rings (SSSR count). The van der Waals surface area contributed by atoms with Gasteiger partial charge < -0.3 is 4.52 Å². The molecule has 0 aromatic heterocycles. The lowest BCUT2D eigenvalue weighted by Gasteiger charge is -2.35. The van der Waals surface area contributed by atoms with Crippen LogP contribution < -0.4 is 4.52 Å². The van der Waals surface area contributed by atoms with Gasteiger partial charge in [0.2, 0.25) is 8.45 Å². The highest BCUT2D eigenvalue weighted by Crippen LogP contribution is 2.45. The van der Waals surface area contributed by atoms with Crippen molar-refractivity contribution in [3.05, 3.63) is 42.5 Å². The fourth-order valence-electron chi connectivity index (χ4n) is 2.54. The Balaban J connectivity index is 2.27. The summed E-state index contributed by atoms with van der Waals surface area (Å²) in [6.45, 7) is 12.8. The minimum absolute atomic E-state index is 0.753. The Bertz CT molecular complexity index is 570. The Morgan fingerprint density at radius 3 is 1.86 bits per heavy atom. The molecular weight excluding hydrogens is 291 g/mol. The fourth-order valence-corrected chi connectivity index (χ4v) is 4.40. The van der Waals surface area contributed by atoms with Gasteiger partial charge in [-0.1, -0.05) is 58.0 Å².